The van der Waals surface area contributed by atoms with Crippen LogP contribution in [0.15, 0.2) is 40.0 Å². The third kappa shape index (κ3) is 4.71. The van der Waals surface area contributed by atoms with Crippen molar-refractivity contribution in [2.75, 3.05) is 25.5 Å². The molecule has 1 aliphatic heterocycles. The van der Waals surface area contributed by atoms with Crippen molar-refractivity contribution in [2.24, 2.45) is 0 Å². The van der Waals surface area contributed by atoms with Crippen molar-refractivity contribution >= 4 is 21.6 Å². The molecule has 2 aromatic rings. The Morgan fingerprint density at radius 2 is 1.90 bits per heavy atom. The Morgan fingerprint density at radius 3 is 2.57 bits per heavy atom. The second kappa shape index (κ2) is 9.40. The van der Waals surface area contributed by atoms with Crippen LogP contribution in [0.3, 0.4) is 0 Å². The van der Waals surface area contributed by atoms with Gasteiger partial charge in [-0.25, -0.2) is 13.1 Å². The molecule has 1 aromatic carbocycles. The van der Waals surface area contributed by atoms with E-state index in [1.165, 1.54) is 40.4 Å². The molecule has 162 valence electrons. The van der Waals surface area contributed by atoms with Crippen LogP contribution < -0.4 is 15.6 Å². The fourth-order valence-corrected chi connectivity index (χ4v) is 5.04. The van der Waals surface area contributed by atoms with Gasteiger partial charge in [-0.2, -0.15) is 9.40 Å². The molecule has 1 fully saturated rings. The molecule has 9 nitrogen and oxygen atoms in total. The zero-order valence-electron chi connectivity index (χ0n) is 17.1. The summed E-state index contributed by atoms with van der Waals surface area (Å²) in [6.45, 7) is 3.24. The summed E-state index contributed by atoms with van der Waals surface area (Å²) >= 11 is 0. The third-order valence-electron chi connectivity index (χ3n) is 4.89. The standard InChI is InChI=1S/C20H26N4O5S/c1-3-11-24-19(25)10-8-16(22-24)20(26)21-15-7-9-17(29-2)18(14-15)30(27,28)23-12-5-4-6-13-23/h7-10,14H,3-6,11-13H2,1-2H3,(H,21,26). The van der Waals surface area contributed by atoms with Crippen molar-refractivity contribution in [1.29, 1.82) is 0 Å². The van der Waals surface area contributed by atoms with Gasteiger partial charge in [0.15, 0.2) is 0 Å². The number of nitrogens with one attached hydrogen (secondary N) is 1. The quantitative estimate of drug-likeness (QED) is 0.714. The maximum absolute atomic E-state index is 13.1. The molecule has 0 atom stereocenters. The number of hydrogen-bond donors (Lipinski definition) is 1. The van der Waals surface area contributed by atoms with E-state index in [9.17, 15) is 18.0 Å². The van der Waals surface area contributed by atoms with Crippen molar-refractivity contribution in [3.8, 4) is 5.75 Å². The smallest absolute Gasteiger partial charge is 0.276 e. The van der Waals surface area contributed by atoms with Gasteiger partial charge in [0.05, 0.1) is 7.11 Å². The van der Waals surface area contributed by atoms with E-state index in [1.54, 1.807) is 6.07 Å². The summed E-state index contributed by atoms with van der Waals surface area (Å²) in [5.41, 5.74) is 0.0819. The zero-order valence-corrected chi connectivity index (χ0v) is 17.9. The summed E-state index contributed by atoms with van der Waals surface area (Å²) in [5, 5.41) is 6.74. The van der Waals surface area contributed by atoms with Gasteiger partial charge in [0.1, 0.15) is 16.3 Å². The van der Waals surface area contributed by atoms with Gasteiger partial charge in [-0.05, 0) is 43.5 Å². The first kappa shape index (κ1) is 22.0. The van der Waals surface area contributed by atoms with Gasteiger partial charge in [0, 0.05) is 31.4 Å². The average molecular weight is 435 g/mol. The van der Waals surface area contributed by atoms with Gasteiger partial charge < -0.3 is 10.1 Å². The topological polar surface area (TPSA) is 111 Å². The summed E-state index contributed by atoms with van der Waals surface area (Å²) in [6, 6.07) is 7.10. The van der Waals surface area contributed by atoms with Gasteiger partial charge in [0.25, 0.3) is 11.5 Å². The number of carbonyl (C=O) groups excluding carboxylic acids is 1. The zero-order chi connectivity index (χ0) is 21.7. The highest BCUT2D eigenvalue weighted by atomic mass is 32.2. The number of ether oxygens (including phenoxy) is 1. The highest BCUT2D eigenvalue weighted by molar-refractivity contribution is 7.89. The summed E-state index contributed by atoms with van der Waals surface area (Å²) in [4.78, 5) is 24.4. The van der Waals surface area contributed by atoms with Crippen molar-refractivity contribution < 1.29 is 17.9 Å². The van der Waals surface area contributed by atoms with Crippen LogP contribution in [0.25, 0.3) is 0 Å². The molecule has 1 saturated heterocycles. The van der Waals surface area contributed by atoms with E-state index in [0.717, 1.165) is 19.3 Å². The third-order valence-corrected chi connectivity index (χ3v) is 6.81. The van der Waals surface area contributed by atoms with Crippen molar-refractivity contribution in [3.63, 3.8) is 0 Å². The highest BCUT2D eigenvalue weighted by Crippen LogP contribution is 2.31. The molecule has 1 amide bonds. The first-order valence-electron chi connectivity index (χ1n) is 9.94. The number of aryl methyl sites for hydroxylation is 1. The van der Waals surface area contributed by atoms with E-state index in [4.69, 9.17) is 4.74 Å². The van der Waals surface area contributed by atoms with E-state index >= 15 is 0 Å². The molecule has 1 aliphatic rings. The number of aromatic nitrogens is 2. The number of benzene rings is 1. The van der Waals surface area contributed by atoms with Crippen LogP contribution in [0.2, 0.25) is 0 Å². The van der Waals surface area contributed by atoms with Crippen LogP contribution in [-0.4, -0.2) is 48.6 Å². The van der Waals surface area contributed by atoms with Crippen LogP contribution in [0.5, 0.6) is 5.75 Å². The normalized spacial score (nSPS) is 15.0. The van der Waals surface area contributed by atoms with E-state index < -0.39 is 15.9 Å². The Kier molecular flexibility index (Phi) is 6.88. The Hall–Kier alpha value is -2.72. The van der Waals surface area contributed by atoms with E-state index in [2.05, 4.69) is 10.4 Å². The lowest BCUT2D eigenvalue weighted by atomic mass is 10.2. The van der Waals surface area contributed by atoms with E-state index in [1.807, 2.05) is 6.92 Å². The predicted molar refractivity (Wildman–Crippen MR) is 112 cm³/mol. The number of hydrogen-bond acceptors (Lipinski definition) is 6. The molecular formula is C20H26N4O5S. The lowest BCUT2D eigenvalue weighted by molar-refractivity contribution is 0.101. The Labute approximate surface area is 175 Å². The molecule has 2 heterocycles. The number of methoxy groups -OCH3 is 1. The molecule has 3 rings (SSSR count). The van der Waals surface area contributed by atoms with Gasteiger partial charge in [-0.1, -0.05) is 13.3 Å². The second-order valence-electron chi connectivity index (χ2n) is 7.06. The molecule has 1 aromatic heterocycles. The SMILES string of the molecule is CCCn1nc(C(=O)Nc2ccc(OC)c(S(=O)(=O)N3CCCCC3)c2)ccc1=O. The van der Waals surface area contributed by atoms with Crippen LogP contribution in [0, 0.1) is 0 Å². The number of anilines is 1. The molecular weight excluding hydrogens is 408 g/mol. The first-order valence-corrected chi connectivity index (χ1v) is 11.4. The van der Waals surface area contributed by atoms with E-state index in [0.29, 0.717) is 31.7 Å². The average Bonchev–Trinajstić information content (AvgIpc) is 2.76. The Bertz CT molecular complexity index is 1070. The second-order valence-corrected chi connectivity index (χ2v) is 8.97. The van der Waals surface area contributed by atoms with Crippen molar-refractivity contribution in [3.05, 3.63) is 46.4 Å². The number of rotatable bonds is 7. The fourth-order valence-electron chi connectivity index (χ4n) is 3.34. The number of amides is 1. The largest absolute Gasteiger partial charge is 0.495 e. The van der Waals surface area contributed by atoms with Gasteiger partial charge in [-0.15, -0.1) is 0 Å². The molecule has 0 bridgehead atoms. The van der Waals surface area contributed by atoms with Crippen LogP contribution in [-0.2, 0) is 16.6 Å². The minimum absolute atomic E-state index is 0.00797. The fraction of sp³-hybridized carbons (Fsp3) is 0.450. The summed E-state index contributed by atoms with van der Waals surface area (Å²) in [7, 11) is -2.34. The van der Waals surface area contributed by atoms with Gasteiger partial charge in [-0.3, -0.25) is 9.59 Å². The number of nitrogens with zero attached hydrogens (tertiary/aromatic N) is 3. The van der Waals surface area contributed by atoms with Crippen molar-refractivity contribution in [1.82, 2.24) is 14.1 Å². The minimum Gasteiger partial charge on any atom is -0.495 e. The maximum Gasteiger partial charge on any atom is 0.276 e. The number of carbonyl (C=O) groups is 1. The number of sulfonamides is 1. The monoisotopic (exact) mass is 434 g/mol. The molecule has 0 unspecified atom stereocenters. The predicted octanol–water partition coefficient (Wildman–Crippen LogP) is 2.09. The molecule has 1 N–H and O–H groups in total. The van der Waals surface area contributed by atoms with Crippen LogP contribution in [0.1, 0.15) is 43.1 Å². The minimum atomic E-state index is -3.75. The van der Waals surface area contributed by atoms with Gasteiger partial charge >= 0.3 is 0 Å². The number of piperidine rings is 1. The summed E-state index contributed by atoms with van der Waals surface area (Å²) < 4.78 is 34.2. The summed E-state index contributed by atoms with van der Waals surface area (Å²) in [5.74, 6) is -0.320. The molecule has 30 heavy (non-hydrogen) atoms. The van der Waals surface area contributed by atoms with Crippen LogP contribution in [0.4, 0.5) is 5.69 Å². The maximum atomic E-state index is 13.1. The summed E-state index contributed by atoms with van der Waals surface area (Å²) in [6.07, 6.45) is 3.34. The van der Waals surface area contributed by atoms with Crippen molar-refractivity contribution in [2.45, 2.75) is 44.0 Å². The molecule has 0 radical (unpaired) electrons. The molecule has 0 aliphatic carbocycles. The Balaban J connectivity index is 1.89. The lowest BCUT2D eigenvalue weighted by Crippen LogP contribution is -2.35. The van der Waals surface area contributed by atoms with Crippen LogP contribution >= 0.6 is 0 Å². The highest BCUT2D eigenvalue weighted by Gasteiger charge is 2.29. The first-order chi connectivity index (χ1) is 14.4. The lowest BCUT2D eigenvalue weighted by Gasteiger charge is -2.26. The van der Waals surface area contributed by atoms with E-state index in [-0.39, 0.29) is 21.9 Å². The molecule has 10 heteroatoms. The molecule has 0 spiro atoms. The van der Waals surface area contributed by atoms with Gasteiger partial charge in [0.2, 0.25) is 10.0 Å². The molecule has 0 saturated carbocycles. The Morgan fingerprint density at radius 1 is 1.17 bits per heavy atom.